The van der Waals surface area contributed by atoms with E-state index in [9.17, 15) is 9.18 Å². The van der Waals surface area contributed by atoms with Gasteiger partial charge in [0.05, 0.1) is 16.0 Å². The van der Waals surface area contributed by atoms with E-state index in [4.69, 9.17) is 27.7 Å². The lowest BCUT2D eigenvalue weighted by molar-refractivity contribution is 0.0695. The molecule has 5 nitrogen and oxygen atoms in total. The maximum atomic E-state index is 13.1. The van der Waals surface area contributed by atoms with Crippen LogP contribution in [0, 0.1) is 5.82 Å². The van der Waals surface area contributed by atoms with Crippen molar-refractivity contribution in [2.75, 3.05) is 13.1 Å². The molecule has 0 bridgehead atoms. The van der Waals surface area contributed by atoms with Crippen molar-refractivity contribution < 1.29 is 13.7 Å². The number of hydrogen-bond acceptors (Lipinski definition) is 4. The van der Waals surface area contributed by atoms with Crippen molar-refractivity contribution in [1.82, 2.24) is 15.0 Å². The van der Waals surface area contributed by atoms with E-state index in [1.807, 2.05) is 0 Å². The molecular formula is C20H16Cl2FN3O2. The van der Waals surface area contributed by atoms with Crippen molar-refractivity contribution in [1.29, 1.82) is 0 Å². The largest absolute Gasteiger partial charge is 0.339 e. The van der Waals surface area contributed by atoms with E-state index in [0.29, 0.717) is 46.0 Å². The number of nitrogens with zero attached hydrogens (tertiary/aromatic N) is 3. The van der Waals surface area contributed by atoms with Crippen molar-refractivity contribution in [3.63, 3.8) is 0 Å². The number of likely N-dealkylation sites (tertiary alicyclic amines) is 1. The number of benzene rings is 2. The van der Waals surface area contributed by atoms with Crippen molar-refractivity contribution in [3.05, 3.63) is 69.8 Å². The van der Waals surface area contributed by atoms with E-state index in [2.05, 4.69) is 10.1 Å². The molecule has 1 atom stereocenters. The fourth-order valence-electron chi connectivity index (χ4n) is 3.29. The highest BCUT2D eigenvalue weighted by Crippen LogP contribution is 2.29. The Kier molecular flexibility index (Phi) is 5.33. The third kappa shape index (κ3) is 3.88. The molecule has 0 saturated carbocycles. The molecule has 1 aliphatic heterocycles. The molecule has 0 N–H and O–H groups in total. The summed E-state index contributed by atoms with van der Waals surface area (Å²) in [6, 6.07) is 10.8. The number of halogens is 3. The first-order chi connectivity index (χ1) is 13.5. The molecular weight excluding hydrogens is 404 g/mol. The van der Waals surface area contributed by atoms with Gasteiger partial charge in [-0.05, 0) is 55.3 Å². The van der Waals surface area contributed by atoms with Crippen LogP contribution in [0.4, 0.5) is 4.39 Å². The van der Waals surface area contributed by atoms with Gasteiger partial charge in [0.25, 0.3) is 5.91 Å². The first-order valence-electron chi connectivity index (χ1n) is 8.85. The Morgan fingerprint density at radius 3 is 2.68 bits per heavy atom. The topological polar surface area (TPSA) is 59.2 Å². The summed E-state index contributed by atoms with van der Waals surface area (Å²) in [5.74, 6) is 0.397. The SMILES string of the molecule is O=C(c1ccc(Cl)c(Cl)c1)N1CCCC(c2nc(-c3ccc(F)cc3)no2)C1. The van der Waals surface area contributed by atoms with Crippen molar-refractivity contribution in [2.45, 2.75) is 18.8 Å². The van der Waals surface area contributed by atoms with E-state index in [1.54, 1.807) is 35.2 Å². The van der Waals surface area contributed by atoms with Gasteiger partial charge in [-0.25, -0.2) is 4.39 Å². The lowest BCUT2D eigenvalue weighted by Crippen LogP contribution is -2.39. The van der Waals surface area contributed by atoms with Crippen LogP contribution in [0.15, 0.2) is 47.0 Å². The van der Waals surface area contributed by atoms with Crippen LogP contribution in [-0.2, 0) is 0 Å². The molecule has 2 aromatic carbocycles. The second-order valence-corrected chi connectivity index (χ2v) is 7.50. The van der Waals surface area contributed by atoms with Crippen LogP contribution < -0.4 is 0 Å². The lowest BCUT2D eigenvalue weighted by Gasteiger charge is -2.31. The van der Waals surface area contributed by atoms with Gasteiger partial charge in [-0.15, -0.1) is 0 Å². The Morgan fingerprint density at radius 1 is 1.14 bits per heavy atom. The maximum absolute atomic E-state index is 13.1. The Morgan fingerprint density at radius 2 is 1.93 bits per heavy atom. The van der Waals surface area contributed by atoms with E-state index >= 15 is 0 Å². The first-order valence-corrected chi connectivity index (χ1v) is 9.61. The molecule has 144 valence electrons. The number of carbonyl (C=O) groups is 1. The average Bonchev–Trinajstić information content (AvgIpc) is 3.20. The van der Waals surface area contributed by atoms with Gasteiger partial charge < -0.3 is 9.42 Å². The molecule has 4 rings (SSSR count). The molecule has 2 heterocycles. The Hall–Kier alpha value is -2.44. The molecule has 0 spiro atoms. The zero-order chi connectivity index (χ0) is 19.7. The van der Waals surface area contributed by atoms with Crippen molar-refractivity contribution in [2.24, 2.45) is 0 Å². The van der Waals surface area contributed by atoms with Gasteiger partial charge in [0.2, 0.25) is 11.7 Å². The standard InChI is InChI=1S/C20H16Cl2FN3O2/c21-16-8-5-13(10-17(16)22)20(27)26-9-1-2-14(11-26)19-24-18(25-28-19)12-3-6-15(23)7-4-12/h3-8,10,14H,1-2,9,11H2. The normalized spacial score (nSPS) is 17.0. The minimum absolute atomic E-state index is 0.0535. The summed E-state index contributed by atoms with van der Waals surface area (Å²) in [7, 11) is 0. The zero-order valence-corrected chi connectivity index (χ0v) is 16.3. The minimum Gasteiger partial charge on any atom is -0.339 e. The van der Waals surface area contributed by atoms with Crippen molar-refractivity contribution in [3.8, 4) is 11.4 Å². The summed E-state index contributed by atoms with van der Waals surface area (Å²) in [6.45, 7) is 1.12. The van der Waals surface area contributed by atoms with Gasteiger partial charge in [-0.2, -0.15) is 4.98 Å². The quantitative estimate of drug-likeness (QED) is 0.584. The van der Waals surface area contributed by atoms with Crippen LogP contribution >= 0.6 is 23.2 Å². The van der Waals surface area contributed by atoms with Crippen molar-refractivity contribution >= 4 is 29.1 Å². The molecule has 1 unspecified atom stereocenters. The van der Waals surface area contributed by atoms with Gasteiger partial charge in [-0.1, -0.05) is 28.4 Å². The molecule has 0 radical (unpaired) electrons. The van der Waals surface area contributed by atoms with E-state index in [0.717, 1.165) is 12.8 Å². The molecule has 1 aliphatic rings. The van der Waals surface area contributed by atoms with Gasteiger partial charge in [0, 0.05) is 24.2 Å². The van der Waals surface area contributed by atoms with E-state index in [1.165, 1.54) is 12.1 Å². The van der Waals surface area contributed by atoms with Gasteiger partial charge in [0.15, 0.2) is 0 Å². The van der Waals surface area contributed by atoms with Crippen LogP contribution in [-0.4, -0.2) is 34.0 Å². The molecule has 8 heteroatoms. The number of amides is 1. The average molecular weight is 420 g/mol. The molecule has 3 aromatic rings. The summed E-state index contributed by atoms with van der Waals surface area (Å²) in [5.41, 5.74) is 1.17. The fraction of sp³-hybridized carbons (Fsp3) is 0.250. The Bertz CT molecular complexity index is 1010. The molecule has 1 amide bonds. The number of hydrogen-bond donors (Lipinski definition) is 0. The monoisotopic (exact) mass is 419 g/mol. The maximum Gasteiger partial charge on any atom is 0.253 e. The third-order valence-corrected chi connectivity index (χ3v) is 5.51. The number of aromatic nitrogens is 2. The second kappa shape index (κ2) is 7.89. The van der Waals surface area contributed by atoms with Gasteiger partial charge in [0.1, 0.15) is 5.82 Å². The summed E-state index contributed by atoms with van der Waals surface area (Å²) in [5, 5.41) is 4.76. The van der Waals surface area contributed by atoms with Crippen LogP contribution in [0.3, 0.4) is 0 Å². The van der Waals surface area contributed by atoms with Crippen LogP contribution in [0.1, 0.15) is 35.0 Å². The molecule has 1 saturated heterocycles. The van der Waals surface area contributed by atoms with Crippen LogP contribution in [0.2, 0.25) is 10.0 Å². The Balaban J connectivity index is 1.50. The summed E-state index contributed by atoms with van der Waals surface area (Å²) in [4.78, 5) is 19.0. The molecule has 28 heavy (non-hydrogen) atoms. The van der Waals surface area contributed by atoms with Gasteiger partial charge in [-0.3, -0.25) is 4.79 Å². The van der Waals surface area contributed by atoms with Crippen LogP contribution in [0.5, 0.6) is 0 Å². The third-order valence-electron chi connectivity index (χ3n) is 4.77. The highest BCUT2D eigenvalue weighted by molar-refractivity contribution is 6.42. The highest BCUT2D eigenvalue weighted by Gasteiger charge is 2.29. The minimum atomic E-state index is -0.323. The van der Waals surface area contributed by atoms with Crippen LogP contribution in [0.25, 0.3) is 11.4 Å². The predicted molar refractivity (Wildman–Crippen MR) is 104 cm³/mol. The number of piperidine rings is 1. The Labute approximate surface area is 171 Å². The summed E-state index contributed by atoms with van der Waals surface area (Å²) >= 11 is 12.0. The fourth-order valence-corrected chi connectivity index (χ4v) is 3.59. The molecule has 1 fully saturated rings. The smallest absolute Gasteiger partial charge is 0.253 e. The molecule has 1 aromatic heterocycles. The lowest BCUT2D eigenvalue weighted by atomic mass is 9.97. The molecule has 0 aliphatic carbocycles. The number of carbonyl (C=O) groups excluding carboxylic acids is 1. The highest BCUT2D eigenvalue weighted by atomic mass is 35.5. The zero-order valence-electron chi connectivity index (χ0n) is 14.7. The van der Waals surface area contributed by atoms with Gasteiger partial charge >= 0.3 is 0 Å². The van der Waals surface area contributed by atoms with E-state index in [-0.39, 0.29) is 17.6 Å². The predicted octanol–water partition coefficient (Wildman–Crippen LogP) is 5.20. The van der Waals surface area contributed by atoms with E-state index < -0.39 is 0 Å². The summed E-state index contributed by atoms with van der Waals surface area (Å²) in [6.07, 6.45) is 1.67. The summed E-state index contributed by atoms with van der Waals surface area (Å²) < 4.78 is 18.5. The number of rotatable bonds is 3. The first kappa shape index (κ1) is 18.9. The second-order valence-electron chi connectivity index (χ2n) is 6.68.